The maximum Gasteiger partial charge on any atom is 0.251 e. The Labute approximate surface area is 126 Å². The van der Waals surface area contributed by atoms with E-state index in [0.717, 1.165) is 11.1 Å². The van der Waals surface area contributed by atoms with Crippen LogP contribution in [0.4, 0.5) is 4.39 Å². The Hall–Kier alpha value is -1.58. The van der Waals surface area contributed by atoms with Crippen LogP contribution in [0.1, 0.15) is 21.5 Å². The molecule has 0 aliphatic carbocycles. The van der Waals surface area contributed by atoms with Gasteiger partial charge >= 0.3 is 0 Å². The highest BCUT2D eigenvalue weighted by molar-refractivity contribution is 6.31. The summed E-state index contributed by atoms with van der Waals surface area (Å²) in [6, 6.07) is 11.5. The quantitative estimate of drug-likeness (QED) is 0.844. The molecule has 2 aromatic rings. The fourth-order valence-electron chi connectivity index (χ4n) is 1.74. The van der Waals surface area contributed by atoms with E-state index in [1.165, 1.54) is 18.2 Å². The summed E-state index contributed by atoms with van der Waals surface area (Å²) >= 11 is 11.4. The normalized spacial score (nSPS) is 10.3. The Morgan fingerprint density at radius 3 is 2.60 bits per heavy atom. The standard InChI is InChI=1S/C15H12Cl2FNO/c16-8-10-2-1-3-11(6-10)9-19-15(20)12-4-5-14(18)13(17)7-12/h1-7H,8-9H2,(H,19,20). The van der Waals surface area contributed by atoms with Gasteiger partial charge < -0.3 is 5.32 Å². The summed E-state index contributed by atoms with van der Waals surface area (Å²) in [7, 11) is 0. The first kappa shape index (κ1) is 14.8. The molecule has 2 aromatic carbocycles. The second-order valence-electron chi connectivity index (χ2n) is 4.27. The largest absolute Gasteiger partial charge is 0.348 e. The molecule has 0 aromatic heterocycles. The SMILES string of the molecule is O=C(NCc1cccc(CCl)c1)c1ccc(F)c(Cl)c1. The zero-order chi connectivity index (χ0) is 14.5. The Morgan fingerprint density at radius 2 is 1.90 bits per heavy atom. The van der Waals surface area contributed by atoms with Crippen molar-refractivity contribution in [3.8, 4) is 0 Å². The highest BCUT2D eigenvalue weighted by atomic mass is 35.5. The summed E-state index contributed by atoms with van der Waals surface area (Å²) in [5.41, 5.74) is 2.26. The number of rotatable bonds is 4. The third kappa shape index (κ3) is 3.71. The van der Waals surface area contributed by atoms with Crippen molar-refractivity contribution < 1.29 is 9.18 Å². The second kappa shape index (κ2) is 6.73. The van der Waals surface area contributed by atoms with Gasteiger partial charge in [-0.05, 0) is 29.3 Å². The molecular formula is C15H12Cl2FNO. The molecule has 1 N–H and O–H groups in total. The Bertz CT molecular complexity index is 631. The molecule has 0 saturated heterocycles. The zero-order valence-electron chi connectivity index (χ0n) is 10.5. The van der Waals surface area contributed by atoms with E-state index in [1.807, 2.05) is 24.3 Å². The van der Waals surface area contributed by atoms with Crippen LogP contribution in [0.25, 0.3) is 0 Å². The fraction of sp³-hybridized carbons (Fsp3) is 0.133. The van der Waals surface area contributed by atoms with Gasteiger partial charge in [-0.15, -0.1) is 11.6 Å². The first-order valence-electron chi connectivity index (χ1n) is 5.97. The lowest BCUT2D eigenvalue weighted by Crippen LogP contribution is -2.22. The molecule has 0 atom stereocenters. The molecule has 0 heterocycles. The van der Waals surface area contributed by atoms with Gasteiger partial charge in [0.2, 0.25) is 0 Å². The van der Waals surface area contributed by atoms with Gasteiger partial charge in [-0.3, -0.25) is 4.79 Å². The molecule has 0 unspecified atom stereocenters. The van der Waals surface area contributed by atoms with Gasteiger partial charge in [0, 0.05) is 18.0 Å². The van der Waals surface area contributed by atoms with Crippen LogP contribution in [0, 0.1) is 5.82 Å². The molecule has 5 heteroatoms. The second-order valence-corrected chi connectivity index (χ2v) is 4.94. The molecule has 0 aliphatic rings. The lowest BCUT2D eigenvalue weighted by Gasteiger charge is -2.07. The van der Waals surface area contributed by atoms with Crippen LogP contribution in [0.2, 0.25) is 5.02 Å². The van der Waals surface area contributed by atoms with Crippen LogP contribution in [0.15, 0.2) is 42.5 Å². The van der Waals surface area contributed by atoms with Crippen molar-refractivity contribution in [1.29, 1.82) is 0 Å². The van der Waals surface area contributed by atoms with Crippen molar-refractivity contribution in [1.82, 2.24) is 5.32 Å². The number of carbonyl (C=O) groups is 1. The first-order valence-corrected chi connectivity index (χ1v) is 6.88. The lowest BCUT2D eigenvalue weighted by molar-refractivity contribution is 0.0951. The van der Waals surface area contributed by atoms with E-state index >= 15 is 0 Å². The van der Waals surface area contributed by atoms with Crippen LogP contribution in [-0.4, -0.2) is 5.91 Å². The van der Waals surface area contributed by atoms with Crippen molar-refractivity contribution in [3.05, 3.63) is 70.0 Å². The van der Waals surface area contributed by atoms with Crippen LogP contribution >= 0.6 is 23.2 Å². The average Bonchev–Trinajstić information content (AvgIpc) is 2.47. The monoisotopic (exact) mass is 311 g/mol. The zero-order valence-corrected chi connectivity index (χ0v) is 12.0. The van der Waals surface area contributed by atoms with Crippen LogP contribution in [0.3, 0.4) is 0 Å². The van der Waals surface area contributed by atoms with Crippen molar-refractivity contribution >= 4 is 29.1 Å². The molecule has 0 saturated carbocycles. The van der Waals surface area contributed by atoms with Gasteiger partial charge in [-0.25, -0.2) is 4.39 Å². The number of alkyl halides is 1. The molecule has 2 nitrogen and oxygen atoms in total. The summed E-state index contributed by atoms with van der Waals surface area (Å²) < 4.78 is 13.0. The minimum Gasteiger partial charge on any atom is -0.348 e. The summed E-state index contributed by atoms with van der Waals surface area (Å²) in [5.74, 6) is -0.420. The maximum atomic E-state index is 13.0. The molecule has 20 heavy (non-hydrogen) atoms. The summed E-state index contributed by atoms with van der Waals surface area (Å²) in [6.07, 6.45) is 0. The van der Waals surface area contributed by atoms with Gasteiger partial charge in [0.1, 0.15) is 5.82 Å². The highest BCUT2D eigenvalue weighted by Crippen LogP contribution is 2.16. The van der Waals surface area contributed by atoms with Gasteiger partial charge in [0.15, 0.2) is 0 Å². The number of nitrogens with one attached hydrogen (secondary N) is 1. The van der Waals surface area contributed by atoms with Crippen molar-refractivity contribution in [2.24, 2.45) is 0 Å². The van der Waals surface area contributed by atoms with Crippen LogP contribution in [-0.2, 0) is 12.4 Å². The van der Waals surface area contributed by atoms with Crippen molar-refractivity contribution in [2.75, 3.05) is 0 Å². The molecule has 0 aliphatic heterocycles. The van der Waals surface area contributed by atoms with E-state index in [-0.39, 0.29) is 10.9 Å². The Kier molecular flexibility index (Phi) is 4.99. The minimum atomic E-state index is -0.543. The van der Waals surface area contributed by atoms with E-state index < -0.39 is 5.82 Å². The number of hydrogen-bond acceptors (Lipinski definition) is 1. The minimum absolute atomic E-state index is 0.0678. The lowest BCUT2D eigenvalue weighted by atomic mass is 10.1. The predicted octanol–water partition coefficient (Wildman–Crippen LogP) is 4.15. The Balaban J connectivity index is 2.02. The first-order chi connectivity index (χ1) is 9.60. The van der Waals surface area contributed by atoms with E-state index in [0.29, 0.717) is 18.0 Å². The van der Waals surface area contributed by atoms with E-state index in [2.05, 4.69) is 5.32 Å². The number of carbonyl (C=O) groups excluding carboxylic acids is 1. The number of amides is 1. The molecule has 2 rings (SSSR count). The average molecular weight is 312 g/mol. The Morgan fingerprint density at radius 1 is 1.15 bits per heavy atom. The highest BCUT2D eigenvalue weighted by Gasteiger charge is 2.08. The molecular weight excluding hydrogens is 300 g/mol. The number of benzene rings is 2. The number of halogens is 3. The molecule has 0 bridgehead atoms. The van der Waals surface area contributed by atoms with Gasteiger partial charge in [0.25, 0.3) is 5.91 Å². The van der Waals surface area contributed by atoms with E-state index in [4.69, 9.17) is 23.2 Å². The van der Waals surface area contributed by atoms with Gasteiger partial charge in [0.05, 0.1) is 5.02 Å². The van der Waals surface area contributed by atoms with E-state index in [1.54, 1.807) is 0 Å². The third-order valence-electron chi connectivity index (χ3n) is 2.78. The van der Waals surface area contributed by atoms with Crippen LogP contribution < -0.4 is 5.32 Å². The molecule has 0 fully saturated rings. The maximum absolute atomic E-state index is 13.0. The van der Waals surface area contributed by atoms with Crippen molar-refractivity contribution in [3.63, 3.8) is 0 Å². The van der Waals surface area contributed by atoms with E-state index in [9.17, 15) is 9.18 Å². The van der Waals surface area contributed by atoms with Crippen molar-refractivity contribution in [2.45, 2.75) is 12.4 Å². The molecule has 0 spiro atoms. The number of hydrogen-bond donors (Lipinski definition) is 1. The molecule has 1 amide bonds. The third-order valence-corrected chi connectivity index (χ3v) is 3.38. The van der Waals surface area contributed by atoms with Gasteiger partial charge in [-0.2, -0.15) is 0 Å². The summed E-state index contributed by atoms with van der Waals surface area (Å²) in [4.78, 5) is 11.9. The topological polar surface area (TPSA) is 29.1 Å². The predicted molar refractivity (Wildman–Crippen MR) is 78.6 cm³/mol. The smallest absolute Gasteiger partial charge is 0.251 e. The summed E-state index contributed by atoms with van der Waals surface area (Å²) in [5, 5.41) is 2.68. The van der Waals surface area contributed by atoms with Crippen LogP contribution in [0.5, 0.6) is 0 Å². The summed E-state index contributed by atoms with van der Waals surface area (Å²) in [6.45, 7) is 0.374. The van der Waals surface area contributed by atoms with Gasteiger partial charge in [-0.1, -0.05) is 35.9 Å². The molecule has 104 valence electrons. The fourth-order valence-corrected chi connectivity index (χ4v) is 2.09. The molecule has 0 radical (unpaired) electrons.